The standard InChI is InChI=1S/C15H18N4O/c1-10-5-6-13(11(2)18-10)15(20)19(4)12(3)14-7-8-16-9-17-14/h5-9,12H,1-4H3. The molecule has 0 fully saturated rings. The van der Waals surface area contributed by atoms with Crippen molar-refractivity contribution in [3.05, 3.63) is 53.4 Å². The highest BCUT2D eigenvalue weighted by molar-refractivity contribution is 5.95. The monoisotopic (exact) mass is 270 g/mol. The number of rotatable bonds is 3. The zero-order chi connectivity index (χ0) is 14.7. The topological polar surface area (TPSA) is 59.0 Å². The van der Waals surface area contributed by atoms with Gasteiger partial charge in [-0.1, -0.05) is 0 Å². The molecule has 1 unspecified atom stereocenters. The first-order valence-electron chi connectivity index (χ1n) is 6.48. The summed E-state index contributed by atoms with van der Waals surface area (Å²) in [6.07, 6.45) is 3.17. The molecule has 104 valence electrons. The second kappa shape index (κ2) is 5.77. The van der Waals surface area contributed by atoms with Gasteiger partial charge in [-0.05, 0) is 39.0 Å². The third kappa shape index (κ3) is 2.82. The van der Waals surface area contributed by atoms with E-state index in [9.17, 15) is 4.79 Å². The number of nitrogens with zero attached hydrogens (tertiary/aromatic N) is 4. The Morgan fingerprint density at radius 3 is 2.60 bits per heavy atom. The van der Waals surface area contributed by atoms with Crippen LogP contribution < -0.4 is 0 Å². The predicted octanol–water partition coefficient (Wildman–Crippen LogP) is 2.32. The fourth-order valence-corrected chi connectivity index (χ4v) is 2.02. The lowest BCUT2D eigenvalue weighted by Crippen LogP contribution is -2.30. The molecule has 1 amide bonds. The van der Waals surface area contributed by atoms with E-state index in [2.05, 4.69) is 15.0 Å². The minimum atomic E-state index is -0.119. The normalized spacial score (nSPS) is 12.0. The maximum absolute atomic E-state index is 12.5. The van der Waals surface area contributed by atoms with E-state index >= 15 is 0 Å². The Hall–Kier alpha value is -2.30. The Balaban J connectivity index is 2.24. The van der Waals surface area contributed by atoms with Gasteiger partial charge in [0, 0.05) is 18.9 Å². The number of carbonyl (C=O) groups is 1. The molecule has 0 N–H and O–H groups in total. The highest BCUT2D eigenvalue weighted by atomic mass is 16.2. The summed E-state index contributed by atoms with van der Waals surface area (Å²) in [7, 11) is 1.77. The lowest BCUT2D eigenvalue weighted by atomic mass is 10.1. The largest absolute Gasteiger partial charge is 0.333 e. The molecular formula is C15H18N4O. The first kappa shape index (κ1) is 14.1. The SMILES string of the molecule is Cc1ccc(C(=O)N(C)C(C)c2ccncn2)c(C)n1. The van der Waals surface area contributed by atoms with E-state index in [-0.39, 0.29) is 11.9 Å². The minimum absolute atomic E-state index is 0.0545. The summed E-state index contributed by atoms with van der Waals surface area (Å²) in [5.41, 5.74) is 3.09. The molecule has 0 saturated carbocycles. The Morgan fingerprint density at radius 1 is 1.25 bits per heavy atom. The van der Waals surface area contributed by atoms with Gasteiger partial charge in [-0.25, -0.2) is 9.97 Å². The van der Waals surface area contributed by atoms with Crippen LogP contribution in [-0.2, 0) is 0 Å². The molecule has 0 aliphatic rings. The molecule has 0 aliphatic heterocycles. The van der Waals surface area contributed by atoms with Crippen molar-refractivity contribution in [2.24, 2.45) is 0 Å². The van der Waals surface area contributed by atoms with Gasteiger partial charge in [-0.2, -0.15) is 0 Å². The number of pyridine rings is 1. The van der Waals surface area contributed by atoms with Crippen LogP contribution in [0.5, 0.6) is 0 Å². The smallest absolute Gasteiger partial charge is 0.255 e. The number of hydrogen-bond acceptors (Lipinski definition) is 4. The summed E-state index contributed by atoms with van der Waals surface area (Å²) in [6, 6.07) is 5.37. The van der Waals surface area contributed by atoms with Crippen molar-refractivity contribution in [2.45, 2.75) is 26.8 Å². The average molecular weight is 270 g/mol. The van der Waals surface area contributed by atoms with Crippen molar-refractivity contribution < 1.29 is 4.79 Å². The number of amides is 1. The van der Waals surface area contributed by atoms with E-state index in [1.54, 1.807) is 18.1 Å². The minimum Gasteiger partial charge on any atom is -0.333 e. The summed E-state index contributed by atoms with van der Waals surface area (Å²) in [6.45, 7) is 5.70. The van der Waals surface area contributed by atoms with E-state index in [1.807, 2.05) is 39.0 Å². The van der Waals surface area contributed by atoms with Crippen molar-refractivity contribution >= 4 is 5.91 Å². The quantitative estimate of drug-likeness (QED) is 0.858. The van der Waals surface area contributed by atoms with Crippen LogP contribution in [0.2, 0.25) is 0 Å². The highest BCUT2D eigenvalue weighted by Gasteiger charge is 2.21. The van der Waals surface area contributed by atoms with Crippen LogP contribution in [0.25, 0.3) is 0 Å². The lowest BCUT2D eigenvalue weighted by Gasteiger charge is -2.25. The second-order valence-electron chi connectivity index (χ2n) is 4.81. The molecule has 20 heavy (non-hydrogen) atoms. The zero-order valence-electron chi connectivity index (χ0n) is 12.2. The first-order valence-corrected chi connectivity index (χ1v) is 6.48. The number of hydrogen-bond donors (Lipinski definition) is 0. The molecule has 0 saturated heterocycles. The van der Waals surface area contributed by atoms with Crippen LogP contribution in [0.4, 0.5) is 0 Å². The molecule has 1 atom stereocenters. The van der Waals surface area contributed by atoms with Crippen LogP contribution in [0.1, 0.15) is 40.4 Å². The fraction of sp³-hybridized carbons (Fsp3) is 0.333. The van der Waals surface area contributed by atoms with Gasteiger partial charge >= 0.3 is 0 Å². The molecule has 5 nitrogen and oxygen atoms in total. The molecule has 0 aromatic carbocycles. The zero-order valence-corrected chi connectivity index (χ0v) is 12.2. The van der Waals surface area contributed by atoms with Crippen LogP contribution in [-0.4, -0.2) is 32.8 Å². The van der Waals surface area contributed by atoms with Gasteiger partial charge in [0.1, 0.15) is 6.33 Å². The Bertz CT molecular complexity index is 613. The van der Waals surface area contributed by atoms with Gasteiger partial charge in [0.25, 0.3) is 5.91 Å². The number of aryl methyl sites for hydroxylation is 2. The predicted molar refractivity (Wildman–Crippen MR) is 76.3 cm³/mol. The maximum atomic E-state index is 12.5. The molecule has 0 spiro atoms. The van der Waals surface area contributed by atoms with Gasteiger partial charge in [-0.15, -0.1) is 0 Å². The van der Waals surface area contributed by atoms with Gasteiger partial charge in [0.2, 0.25) is 0 Å². The third-order valence-corrected chi connectivity index (χ3v) is 3.39. The summed E-state index contributed by atoms with van der Waals surface area (Å²) in [5.74, 6) is -0.0545. The fourth-order valence-electron chi connectivity index (χ4n) is 2.02. The van der Waals surface area contributed by atoms with E-state index in [4.69, 9.17) is 0 Å². The average Bonchev–Trinajstić information content (AvgIpc) is 2.46. The summed E-state index contributed by atoms with van der Waals surface area (Å²) in [5, 5.41) is 0. The van der Waals surface area contributed by atoms with Crippen molar-refractivity contribution in [1.29, 1.82) is 0 Å². The second-order valence-corrected chi connectivity index (χ2v) is 4.81. The Kier molecular flexibility index (Phi) is 4.08. The van der Waals surface area contributed by atoms with Crippen LogP contribution in [0.15, 0.2) is 30.7 Å². The van der Waals surface area contributed by atoms with Gasteiger partial charge in [0.05, 0.1) is 23.0 Å². The summed E-state index contributed by atoms with van der Waals surface area (Å²) < 4.78 is 0. The van der Waals surface area contributed by atoms with E-state index < -0.39 is 0 Å². The summed E-state index contributed by atoms with van der Waals surface area (Å²) >= 11 is 0. The lowest BCUT2D eigenvalue weighted by molar-refractivity contribution is 0.0738. The molecule has 0 bridgehead atoms. The molecule has 2 heterocycles. The van der Waals surface area contributed by atoms with E-state index in [0.29, 0.717) is 5.56 Å². The third-order valence-electron chi connectivity index (χ3n) is 3.39. The molecular weight excluding hydrogens is 252 g/mol. The molecule has 5 heteroatoms. The van der Waals surface area contributed by atoms with Gasteiger partial charge in [0.15, 0.2) is 0 Å². The van der Waals surface area contributed by atoms with Crippen molar-refractivity contribution in [3.8, 4) is 0 Å². The maximum Gasteiger partial charge on any atom is 0.255 e. The van der Waals surface area contributed by atoms with E-state index in [0.717, 1.165) is 17.1 Å². The molecule has 2 aromatic heterocycles. The van der Waals surface area contributed by atoms with Crippen LogP contribution in [0.3, 0.4) is 0 Å². The van der Waals surface area contributed by atoms with Crippen molar-refractivity contribution in [1.82, 2.24) is 19.9 Å². The molecule has 2 rings (SSSR count). The molecule has 0 aliphatic carbocycles. The number of aromatic nitrogens is 3. The van der Waals surface area contributed by atoms with Gasteiger partial charge < -0.3 is 4.90 Å². The van der Waals surface area contributed by atoms with E-state index in [1.165, 1.54) is 6.33 Å². The molecule has 2 aromatic rings. The Morgan fingerprint density at radius 2 is 2.00 bits per heavy atom. The number of carbonyl (C=O) groups excluding carboxylic acids is 1. The summed E-state index contributed by atoms with van der Waals surface area (Å²) in [4.78, 5) is 26.6. The highest BCUT2D eigenvalue weighted by Crippen LogP contribution is 2.19. The first-order chi connectivity index (χ1) is 9.50. The van der Waals surface area contributed by atoms with Crippen molar-refractivity contribution in [2.75, 3.05) is 7.05 Å². The van der Waals surface area contributed by atoms with Crippen LogP contribution >= 0.6 is 0 Å². The van der Waals surface area contributed by atoms with Crippen LogP contribution in [0, 0.1) is 13.8 Å². The Labute approximate surface area is 118 Å². The molecule has 0 radical (unpaired) electrons. The van der Waals surface area contributed by atoms with Gasteiger partial charge in [-0.3, -0.25) is 9.78 Å². The van der Waals surface area contributed by atoms with Crippen molar-refractivity contribution in [3.63, 3.8) is 0 Å².